The third-order valence-corrected chi connectivity index (χ3v) is 7.16. The van der Waals surface area contributed by atoms with E-state index < -0.39 is 23.6 Å². The van der Waals surface area contributed by atoms with Crippen molar-refractivity contribution in [3.05, 3.63) is 59.3 Å². The lowest BCUT2D eigenvalue weighted by Crippen LogP contribution is -2.48. The molecule has 2 fully saturated rings. The summed E-state index contributed by atoms with van der Waals surface area (Å²) in [7, 11) is 1.28. The number of nitrogens with one attached hydrogen (secondary N) is 1. The summed E-state index contributed by atoms with van der Waals surface area (Å²) in [6.07, 6.45) is 2.61. The number of carbonyl (C=O) groups excluding carboxylic acids is 2. The summed E-state index contributed by atoms with van der Waals surface area (Å²) in [5, 5.41) is 6.36. The van der Waals surface area contributed by atoms with Gasteiger partial charge in [0.1, 0.15) is 17.2 Å². The Bertz CT molecular complexity index is 1610. The maximum atomic E-state index is 15.7. The Morgan fingerprint density at radius 2 is 1.95 bits per heavy atom. The number of nitrogens with zero attached hydrogens (tertiary/aromatic N) is 6. The normalized spacial score (nSPS) is 15.8. The number of ether oxygens (including phenoxy) is 2. The summed E-state index contributed by atoms with van der Waals surface area (Å²) < 4.78 is 47.4. The minimum Gasteiger partial charge on any atom is -0.453 e. The fraction of sp³-hybridized carbons (Fsp3) is 0.346. The largest absolute Gasteiger partial charge is 0.453 e. The molecule has 2 aliphatic heterocycles. The van der Waals surface area contributed by atoms with E-state index in [1.807, 2.05) is 12.1 Å². The third-order valence-electron chi connectivity index (χ3n) is 7.16. The van der Waals surface area contributed by atoms with Gasteiger partial charge in [-0.2, -0.15) is 4.98 Å². The monoisotopic (exact) mass is 553 g/mol. The SMILES string of the molecule is COC(=O)N1CC(c2noc(-c3cc(F)c(C)c(NC(=O)c4cnc5cc(N6CCOCC6)ccn45)c3F)n2)C1. The molecular weight excluding hydrogens is 528 g/mol. The van der Waals surface area contributed by atoms with Gasteiger partial charge in [-0.15, -0.1) is 0 Å². The Morgan fingerprint density at radius 1 is 1.18 bits per heavy atom. The Kier molecular flexibility index (Phi) is 6.54. The maximum Gasteiger partial charge on any atom is 0.409 e. The van der Waals surface area contributed by atoms with E-state index in [1.165, 1.54) is 25.1 Å². The van der Waals surface area contributed by atoms with Gasteiger partial charge in [0.15, 0.2) is 11.6 Å². The van der Waals surface area contributed by atoms with Crippen molar-refractivity contribution in [3.8, 4) is 11.5 Å². The fourth-order valence-corrected chi connectivity index (χ4v) is 4.79. The lowest BCUT2D eigenvalue weighted by molar-refractivity contribution is 0.0857. The summed E-state index contributed by atoms with van der Waals surface area (Å²) in [6.45, 7) is 4.74. The van der Waals surface area contributed by atoms with E-state index in [1.54, 1.807) is 10.6 Å². The van der Waals surface area contributed by atoms with Gasteiger partial charge >= 0.3 is 6.09 Å². The van der Waals surface area contributed by atoms with E-state index in [2.05, 4.69) is 30.1 Å². The zero-order valence-electron chi connectivity index (χ0n) is 21.7. The molecule has 208 valence electrons. The molecule has 0 saturated carbocycles. The topological polar surface area (TPSA) is 127 Å². The van der Waals surface area contributed by atoms with Crippen LogP contribution in [0.5, 0.6) is 0 Å². The van der Waals surface area contributed by atoms with E-state index in [0.717, 1.165) is 24.8 Å². The van der Waals surface area contributed by atoms with Gasteiger partial charge in [0.25, 0.3) is 11.8 Å². The standard InChI is InChI=1S/C26H25F2N7O5/c1-14-18(27)10-17(25-31-23(32-40-25)15-12-34(13-15)26(37)38-2)21(28)22(14)30-24(36)19-11-29-20-9-16(3-4-35(19)20)33-5-7-39-8-6-33/h3-4,9-11,15H,5-8,12-13H2,1-2H3,(H,30,36). The van der Waals surface area contributed by atoms with E-state index in [9.17, 15) is 14.0 Å². The van der Waals surface area contributed by atoms with Gasteiger partial charge in [0.05, 0.1) is 43.7 Å². The van der Waals surface area contributed by atoms with Crippen LogP contribution in [0.1, 0.15) is 27.8 Å². The Morgan fingerprint density at radius 3 is 2.70 bits per heavy atom. The smallest absolute Gasteiger partial charge is 0.409 e. The van der Waals surface area contributed by atoms with Gasteiger partial charge < -0.3 is 29.1 Å². The van der Waals surface area contributed by atoms with E-state index in [-0.39, 0.29) is 40.1 Å². The van der Waals surface area contributed by atoms with Gasteiger partial charge in [-0.3, -0.25) is 9.20 Å². The van der Waals surface area contributed by atoms with Crippen molar-refractivity contribution in [1.82, 2.24) is 24.4 Å². The highest BCUT2D eigenvalue weighted by Gasteiger charge is 2.36. The number of methoxy groups -OCH3 is 1. The number of hydrogen-bond acceptors (Lipinski definition) is 9. The number of halogens is 2. The summed E-state index contributed by atoms with van der Waals surface area (Å²) >= 11 is 0. The number of pyridine rings is 1. The number of anilines is 2. The number of rotatable bonds is 5. The molecule has 0 bridgehead atoms. The van der Waals surface area contributed by atoms with Gasteiger partial charge in [-0.25, -0.2) is 18.6 Å². The second-order valence-electron chi connectivity index (χ2n) is 9.56. The first kappa shape index (κ1) is 25.7. The van der Waals surface area contributed by atoms with Crippen molar-refractivity contribution in [1.29, 1.82) is 0 Å². The van der Waals surface area contributed by atoms with Gasteiger partial charge in [0.2, 0.25) is 0 Å². The van der Waals surface area contributed by atoms with E-state index >= 15 is 4.39 Å². The number of morpholine rings is 1. The number of imidazole rings is 1. The van der Waals surface area contributed by atoms with Crippen LogP contribution in [0.15, 0.2) is 35.1 Å². The summed E-state index contributed by atoms with van der Waals surface area (Å²) in [6, 6.07) is 4.66. The van der Waals surface area contributed by atoms with Crippen LogP contribution in [0.4, 0.5) is 25.0 Å². The van der Waals surface area contributed by atoms with Crippen LogP contribution >= 0.6 is 0 Å². The molecule has 2 amide bonds. The Labute approximate surface area is 226 Å². The highest BCUT2D eigenvalue weighted by Crippen LogP contribution is 2.34. The first-order valence-electron chi connectivity index (χ1n) is 12.6. The molecule has 14 heteroatoms. The molecule has 0 aliphatic carbocycles. The first-order valence-corrected chi connectivity index (χ1v) is 12.6. The molecule has 5 heterocycles. The minimum absolute atomic E-state index is 0.0922. The fourth-order valence-electron chi connectivity index (χ4n) is 4.79. The number of fused-ring (bicyclic) bond motifs is 1. The molecule has 0 atom stereocenters. The molecule has 2 aliphatic rings. The lowest BCUT2D eigenvalue weighted by Gasteiger charge is -2.35. The van der Waals surface area contributed by atoms with Crippen LogP contribution in [-0.2, 0) is 9.47 Å². The van der Waals surface area contributed by atoms with Crippen molar-refractivity contribution < 1.29 is 32.4 Å². The minimum atomic E-state index is -0.921. The van der Waals surface area contributed by atoms with Crippen LogP contribution < -0.4 is 10.2 Å². The van der Waals surface area contributed by atoms with Crippen molar-refractivity contribution in [2.24, 2.45) is 0 Å². The van der Waals surface area contributed by atoms with E-state index in [0.29, 0.717) is 32.0 Å². The molecular formula is C26H25F2N7O5. The van der Waals surface area contributed by atoms with Crippen molar-refractivity contribution in [3.63, 3.8) is 0 Å². The third kappa shape index (κ3) is 4.49. The van der Waals surface area contributed by atoms with E-state index in [4.69, 9.17) is 9.26 Å². The second-order valence-corrected chi connectivity index (χ2v) is 9.56. The molecule has 40 heavy (non-hydrogen) atoms. The zero-order valence-corrected chi connectivity index (χ0v) is 21.7. The molecule has 6 rings (SSSR count). The molecule has 1 N–H and O–H groups in total. The zero-order chi connectivity index (χ0) is 28.0. The Hall–Kier alpha value is -4.59. The number of aromatic nitrogens is 4. The second kappa shape index (κ2) is 10.2. The highest BCUT2D eigenvalue weighted by atomic mass is 19.1. The molecule has 0 unspecified atom stereocenters. The lowest BCUT2D eigenvalue weighted by atomic mass is 10.0. The predicted octanol–water partition coefficient (Wildman–Crippen LogP) is 3.23. The predicted molar refractivity (Wildman–Crippen MR) is 137 cm³/mol. The number of benzene rings is 1. The van der Waals surface area contributed by atoms with Crippen LogP contribution in [0.3, 0.4) is 0 Å². The maximum absolute atomic E-state index is 15.7. The van der Waals surface area contributed by atoms with Gasteiger partial charge in [-0.1, -0.05) is 5.16 Å². The highest BCUT2D eigenvalue weighted by molar-refractivity contribution is 6.04. The number of likely N-dealkylation sites (tertiary alicyclic amines) is 1. The molecule has 0 radical (unpaired) electrons. The van der Waals surface area contributed by atoms with Crippen LogP contribution in [-0.4, -0.2) is 82.9 Å². The average molecular weight is 554 g/mol. The van der Waals surface area contributed by atoms with Crippen molar-refractivity contribution >= 4 is 29.0 Å². The van der Waals surface area contributed by atoms with Gasteiger partial charge in [-0.05, 0) is 19.1 Å². The van der Waals surface area contributed by atoms with Gasteiger partial charge in [0, 0.05) is 49.7 Å². The molecule has 3 aromatic heterocycles. The summed E-state index contributed by atoms with van der Waals surface area (Å²) in [5.41, 5.74) is 0.892. The van der Waals surface area contributed by atoms with Crippen molar-refractivity contribution in [2.45, 2.75) is 12.8 Å². The molecule has 1 aromatic carbocycles. The molecule has 0 spiro atoms. The van der Waals surface area contributed by atoms with Crippen LogP contribution in [0.25, 0.3) is 17.1 Å². The number of amides is 2. The number of hydrogen-bond donors (Lipinski definition) is 1. The number of carbonyl (C=O) groups is 2. The summed E-state index contributed by atoms with van der Waals surface area (Å²) in [4.78, 5) is 36.9. The first-order chi connectivity index (χ1) is 19.3. The van der Waals surface area contributed by atoms with Crippen LogP contribution in [0.2, 0.25) is 0 Å². The molecule has 4 aromatic rings. The Balaban J connectivity index is 1.24. The summed E-state index contributed by atoms with van der Waals surface area (Å²) in [5.74, 6) is -2.58. The molecule has 12 nitrogen and oxygen atoms in total. The quantitative estimate of drug-likeness (QED) is 0.396. The van der Waals surface area contributed by atoms with Crippen molar-refractivity contribution in [2.75, 3.05) is 56.7 Å². The van der Waals surface area contributed by atoms with Crippen LogP contribution in [0, 0.1) is 18.6 Å². The average Bonchev–Trinajstić information content (AvgIpc) is 3.60. The molecule has 2 saturated heterocycles.